The van der Waals surface area contributed by atoms with Crippen LogP contribution in [0.25, 0.3) is 0 Å². The lowest BCUT2D eigenvalue weighted by Gasteiger charge is -2.19. The fraction of sp³-hybridized carbons (Fsp3) is 0.429. The van der Waals surface area contributed by atoms with Gasteiger partial charge in [-0.05, 0) is 25.0 Å². The van der Waals surface area contributed by atoms with Gasteiger partial charge in [0.2, 0.25) is 0 Å². The van der Waals surface area contributed by atoms with Crippen LogP contribution in [0.3, 0.4) is 0 Å². The van der Waals surface area contributed by atoms with E-state index in [-0.39, 0.29) is 25.0 Å². The maximum Gasteiger partial charge on any atom is 0.262 e. The molecule has 0 atom stereocenters. The zero-order valence-corrected chi connectivity index (χ0v) is 11.1. The molecule has 6 heteroatoms. The zero-order valence-electron chi connectivity index (χ0n) is 11.1. The van der Waals surface area contributed by atoms with Crippen molar-refractivity contribution in [3.05, 3.63) is 18.2 Å². The van der Waals surface area contributed by atoms with Gasteiger partial charge in [0.25, 0.3) is 11.8 Å². The van der Waals surface area contributed by atoms with E-state index < -0.39 is 0 Å². The number of hydrogen-bond donors (Lipinski definition) is 1. The lowest BCUT2D eigenvalue weighted by molar-refractivity contribution is -0.132. The van der Waals surface area contributed by atoms with Crippen molar-refractivity contribution in [3.8, 4) is 11.5 Å². The van der Waals surface area contributed by atoms with Crippen molar-refractivity contribution in [1.29, 1.82) is 0 Å². The standard InChI is InChI=1S/C14H16N2O4/c17-13-8-20-12-4-3-10(7-11(12)15-13)19-9-14(18)16-5-1-2-6-16/h3-4,7H,1-2,5-6,8-9H2,(H,15,17). The summed E-state index contributed by atoms with van der Waals surface area (Å²) >= 11 is 0. The largest absolute Gasteiger partial charge is 0.484 e. The predicted octanol–water partition coefficient (Wildman–Crippen LogP) is 1.02. The fourth-order valence-electron chi connectivity index (χ4n) is 2.35. The summed E-state index contributed by atoms with van der Waals surface area (Å²) in [6.07, 6.45) is 2.13. The third-order valence-corrected chi connectivity index (χ3v) is 3.40. The van der Waals surface area contributed by atoms with Crippen molar-refractivity contribution < 1.29 is 19.1 Å². The third kappa shape index (κ3) is 2.68. The van der Waals surface area contributed by atoms with E-state index in [0.29, 0.717) is 17.2 Å². The van der Waals surface area contributed by atoms with E-state index in [1.165, 1.54) is 0 Å². The zero-order chi connectivity index (χ0) is 13.9. The summed E-state index contributed by atoms with van der Waals surface area (Å²) in [5.74, 6) is 0.966. The van der Waals surface area contributed by atoms with Crippen LogP contribution in [-0.4, -0.2) is 43.0 Å². The summed E-state index contributed by atoms with van der Waals surface area (Å²) in [6, 6.07) is 5.13. The van der Waals surface area contributed by atoms with Gasteiger partial charge in [0.1, 0.15) is 11.5 Å². The molecule has 6 nitrogen and oxygen atoms in total. The highest BCUT2D eigenvalue weighted by Crippen LogP contribution is 2.31. The van der Waals surface area contributed by atoms with Crippen molar-refractivity contribution in [2.75, 3.05) is 31.6 Å². The number of rotatable bonds is 3. The highest BCUT2D eigenvalue weighted by atomic mass is 16.5. The molecule has 0 bridgehead atoms. The summed E-state index contributed by atoms with van der Waals surface area (Å²) < 4.78 is 10.7. The van der Waals surface area contributed by atoms with Crippen molar-refractivity contribution in [3.63, 3.8) is 0 Å². The first-order valence-electron chi connectivity index (χ1n) is 6.70. The molecule has 3 rings (SSSR count). The Morgan fingerprint density at radius 3 is 2.95 bits per heavy atom. The van der Waals surface area contributed by atoms with E-state index in [1.54, 1.807) is 18.2 Å². The van der Waals surface area contributed by atoms with Crippen LogP contribution >= 0.6 is 0 Å². The van der Waals surface area contributed by atoms with E-state index in [2.05, 4.69) is 5.32 Å². The van der Waals surface area contributed by atoms with Crippen molar-refractivity contribution in [1.82, 2.24) is 4.90 Å². The Morgan fingerprint density at radius 2 is 2.15 bits per heavy atom. The number of fused-ring (bicyclic) bond motifs is 1. The van der Waals surface area contributed by atoms with Gasteiger partial charge in [0, 0.05) is 19.2 Å². The maximum absolute atomic E-state index is 11.9. The number of carbonyl (C=O) groups is 2. The van der Waals surface area contributed by atoms with Gasteiger partial charge in [0.05, 0.1) is 5.69 Å². The van der Waals surface area contributed by atoms with Gasteiger partial charge >= 0.3 is 0 Å². The quantitative estimate of drug-likeness (QED) is 0.895. The minimum atomic E-state index is -0.192. The van der Waals surface area contributed by atoms with E-state index in [9.17, 15) is 9.59 Å². The summed E-state index contributed by atoms with van der Waals surface area (Å²) in [4.78, 5) is 24.9. The van der Waals surface area contributed by atoms with Crippen molar-refractivity contribution in [2.45, 2.75) is 12.8 Å². The lowest BCUT2D eigenvalue weighted by atomic mass is 10.2. The fourth-order valence-corrected chi connectivity index (χ4v) is 2.35. The molecule has 2 heterocycles. The second-order valence-corrected chi connectivity index (χ2v) is 4.87. The van der Waals surface area contributed by atoms with Gasteiger partial charge in [-0.2, -0.15) is 0 Å². The van der Waals surface area contributed by atoms with Crippen LogP contribution in [0, 0.1) is 0 Å². The van der Waals surface area contributed by atoms with E-state index in [0.717, 1.165) is 25.9 Å². The number of carbonyl (C=O) groups excluding carboxylic acids is 2. The highest BCUT2D eigenvalue weighted by Gasteiger charge is 2.19. The maximum atomic E-state index is 11.9. The molecular formula is C14H16N2O4. The van der Waals surface area contributed by atoms with E-state index >= 15 is 0 Å². The first-order valence-corrected chi connectivity index (χ1v) is 6.70. The highest BCUT2D eigenvalue weighted by molar-refractivity contribution is 5.95. The number of nitrogens with one attached hydrogen (secondary N) is 1. The lowest BCUT2D eigenvalue weighted by Crippen LogP contribution is -2.32. The molecule has 1 saturated heterocycles. The predicted molar refractivity (Wildman–Crippen MR) is 71.9 cm³/mol. The molecule has 2 amide bonds. The topological polar surface area (TPSA) is 67.9 Å². The smallest absolute Gasteiger partial charge is 0.262 e. The normalized spacial score (nSPS) is 17.2. The number of ether oxygens (including phenoxy) is 2. The Balaban J connectivity index is 1.61. The Morgan fingerprint density at radius 1 is 1.35 bits per heavy atom. The number of nitrogens with zero attached hydrogens (tertiary/aromatic N) is 1. The first-order chi connectivity index (χ1) is 9.72. The number of benzene rings is 1. The molecule has 1 aromatic rings. The molecule has 1 N–H and O–H groups in total. The van der Waals surface area contributed by atoms with E-state index in [4.69, 9.17) is 9.47 Å². The van der Waals surface area contributed by atoms with Gasteiger partial charge in [-0.15, -0.1) is 0 Å². The second kappa shape index (κ2) is 5.40. The average Bonchev–Trinajstić information content (AvgIpc) is 2.98. The summed E-state index contributed by atoms with van der Waals surface area (Å²) in [5.41, 5.74) is 0.576. The number of hydrogen-bond acceptors (Lipinski definition) is 4. The van der Waals surface area contributed by atoms with Crippen LogP contribution in [0.5, 0.6) is 11.5 Å². The molecule has 2 aliphatic heterocycles. The molecule has 0 spiro atoms. The molecule has 1 aromatic carbocycles. The minimum absolute atomic E-state index is 0.000469. The molecular weight excluding hydrogens is 260 g/mol. The second-order valence-electron chi connectivity index (χ2n) is 4.87. The molecule has 106 valence electrons. The first kappa shape index (κ1) is 12.8. The van der Waals surface area contributed by atoms with Gasteiger partial charge in [-0.3, -0.25) is 9.59 Å². The molecule has 0 aliphatic carbocycles. The molecule has 20 heavy (non-hydrogen) atoms. The summed E-state index contributed by atoms with van der Waals surface area (Å²) in [6.45, 7) is 1.68. The van der Waals surface area contributed by atoms with Crippen LogP contribution in [0.1, 0.15) is 12.8 Å². The minimum Gasteiger partial charge on any atom is -0.484 e. The third-order valence-electron chi connectivity index (χ3n) is 3.40. The molecule has 1 fully saturated rings. The Labute approximate surface area is 116 Å². The molecule has 0 saturated carbocycles. The van der Waals surface area contributed by atoms with Gasteiger partial charge in [-0.25, -0.2) is 0 Å². The molecule has 2 aliphatic rings. The summed E-state index contributed by atoms with van der Waals surface area (Å²) in [5, 5.41) is 2.70. The number of anilines is 1. The van der Waals surface area contributed by atoms with Crippen LogP contribution < -0.4 is 14.8 Å². The Hall–Kier alpha value is -2.24. The Bertz CT molecular complexity index is 538. The average molecular weight is 276 g/mol. The monoisotopic (exact) mass is 276 g/mol. The van der Waals surface area contributed by atoms with Gasteiger partial charge in [-0.1, -0.05) is 0 Å². The van der Waals surface area contributed by atoms with Crippen molar-refractivity contribution in [2.24, 2.45) is 0 Å². The van der Waals surface area contributed by atoms with Crippen LogP contribution in [-0.2, 0) is 9.59 Å². The Kier molecular flexibility index (Phi) is 3.45. The SMILES string of the molecule is O=C1COc2ccc(OCC(=O)N3CCCC3)cc2N1. The molecule has 0 aromatic heterocycles. The summed E-state index contributed by atoms with van der Waals surface area (Å²) in [7, 11) is 0. The van der Waals surface area contributed by atoms with Crippen LogP contribution in [0.2, 0.25) is 0 Å². The van der Waals surface area contributed by atoms with E-state index in [1.807, 2.05) is 4.90 Å². The van der Waals surface area contributed by atoms with Gasteiger partial charge < -0.3 is 19.7 Å². The van der Waals surface area contributed by atoms with Crippen LogP contribution in [0.4, 0.5) is 5.69 Å². The van der Waals surface area contributed by atoms with Crippen molar-refractivity contribution >= 4 is 17.5 Å². The van der Waals surface area contributed by atoms with Crippen LogP contribution in [0.15, 0.2) is 18.2 Å². The molecule has 0 unspecified atom stereocenters. The molecule has 0 radical (unpaired) electrons. The van der Waals surface area contributed by atoms with Gasteiger partial charge in [0.15, 0.2) is 13.2 Å². The number of likely N-dealkylation sites (tertiary alicyclic amines) is 1. The number of amides is 2.